The quantitative estimate of drug-likeness (QED) is 0.356. The maximum Gasteiger partial charge on any atom is 0.343 e. The molecule has 4 aromatic rings. The summed E-state index contributed by atoms with van der Waals surface area (Å²) in [6.45, 7) is 4.87. The number of amides is 1. The van der Waals surface area contributed by atoms with Crippen molar-refractivity contribution in [1.29, 1.82) is 0 Å². The molecular formula is C30H28FN5O3. The Labute approximate surface area is 225 Å². The van der Waals surface area contributed by atoms with Gasteiger partial charge in [-0.05, 0) is 55.5 Å². The summed E-state index contributed by atoms with van der Waals surface area (Å²) in [5, 5.41) is 7.39. The van der Waals surface area contributed by atoms with Gasteiger partial charge in [0, 0.05) is 24.7 Å². The Morgan fingerprint density at radius 2 is 1.90 bits per heavy atom. The van der Waals surface area contributed by atoms with E-state index in [2.05, 4.69) is 45.8 Å². The zero-order valence-corrected chi connectivity index (χ0v) is 21.8. The Kier molecular flexibility index (Phi) is 6.13. The monoisotopic (exact) mass is 525 g/mol. The lowest BCUT2D eigenvalue weighted by molar-refractivity contribution is 0.0528. The van der Waals surface area contributed by atoms with Crippen LogP contribution in [0.5, 0.6) is 0 Å². The summed E-state index contributed by atoms with van der Waals surface area (Å²) in [6.07, 6.45) is 8.80. The molecule has 2 aromatic carbocycles. The van der Waals surface area contributed by atoms with E-state index in [1.165, 1.54) is 34.1 Å². The van der Waals surface area contributed by atoms with Crippen LogP contribution in [0.25, 0.3) is 11.7 Å². The van der Waals surface area contributed by atoms with E-state index in [1.54, 1.807) is 24.0 Å². The number of aryl methyl sites for hydroxylation is 1. The number of carbonyl (C=O) groups is 2. The maximum atomic E-state index is 14.8. The van der Waals surface area contributed by atoms with Gasteiger partial charge in [0.2, 0.25) is 0 Å². The minimum absolute atomic E-state index is 0.0716. The summed E-state index contributed by atoms with van der Waals surface area (Å²) in [5.41, 5.74) is 4.11. The van der Waals surface area contributed by atoms with Crippen molar-refractivity contribution in [1.82, 2.24) is 19.5 Å². The van der Waals surface area contributed by atoms with Gasteiger partial charge in [-0.3, -0.25) is 4.79 Å². The van der Waals surface area contributed by atoms with Gasteiger partial charge in [0.25, 0.3) is 5.91 Å². The Balaban J connectivity index is 1.35. The second-order valence-corrected chi connectivity index (χ2v) is 10.0. The zero-order valence-electron chi connectivity index (χ0n) is 21.8. The number of likely N-dealkylation sites (tertiary alicyclic amines) is 1. The van der Waals surface area contributed by atoms with Crippen LogP contribution in [0.4, 0.5) is 15.9 Å². The summed E-state index contributed by atoms with van der Waals surface area (Å²) in [5.74, 6) is -1.05. The number of fused-ring (bicyclic) bond motifs is 3. The summed E-state index contributed by atoms with van der Waals surface area (Å²) >= 11 is 0. The molecule has 39 heavy (non-hydrogen) atoms. The molecule has 3 heterocycles. The SMILES string of the molecule is CCOC(=O)c1cnn2c(Nc3cc(C)ccc3F)c(C(=O)N3CCC4(C=Cc5ccccc54)CC3)cnc12. The highest BCUT2D eigenvalue weighted by Gasteiger charge is 2.39. The summed E-state index contributed by atoms with van der Waals surface area (Å²) in [4.78, 5) is 32.6. The first-order valence-corrected chi connectivity index (χ1v) is 13.1. The zero-order chi connectivity index (χ0) is 27.1. The number of anilines is 2. The average Bonchev–Trinajstić information content (AvgIpc) is 3.54. The summed E-state index contributed by atoms with van der Waals surface area (Å²) in [7, 11) is 0. The molecule has 0 radical (unpaired) electrons. The van der Waals surface area contributed by atoms with Crippen molar-refractivity contribution in [3.8, 4) is 0 Å². The highest BCUT2D eigenvalue weighted by Crippen LogP contribution is 2.44. The molecule has 1 fully saturated rings. The fourth-order valence-corrected chi connectivity index (χ4v) is 5.57. The molecule has 1 aliphatic carbocycles. The molecule has 2 aliphatic rings. The van der Waals surface area contributed by atoms with Crippen molar-refractivity contribution in [2.45, 2.75) is 32.1 Å². The van der Waals surface area contributed by atoms with Crippen molar-refractivity contribution >= 4 is 35.1 Å². The van der Waals surface area contributed by atoms with Crippen LogP contribution in [0.1, 0.15) is 57.2 Å². The topological polar surface area (TPSA) is 88.8 Å². The van der Waals surface area contributed by atoms with Crippen molar-refractivity contribution in [3.63, 3.8) is 0 Å². The molecular weight excluding hydrogens is 497 g/mol. The van der Waals surface area contributed by atoms with E-state index >= 15 is 0 Å². The van der Waals surface area contributed by atoms with Crippen LogP contribution < -0.4 is 5.32 Å². The van der Waals surface area contributed by atoms with E-state index in [9.17, 15) is 14.0 Å². The molecule has 0 saturated carbocycles. The first-order valence-electron chi connectivity index (χ1n) is 13.1. The average molecular weight is 526 g/mol. The standard InChI is InChI=1S/C30H28FN5O3/c1-3-39-29(38)22-18-33-36-26(22)32-17-21(27(36)34-25-16-19(2)8-9-24(25)31)28(37)35-14-12-30(13-15-35)11-10-20-6-4-5-7-23(20)30/h4-11,16-18,34H,3,12-15H2,1-2H3. The number of benzene rings is 2. The Morgan fingerprint density at radius 3 is 2.69 bits per heavy atom. The van der Waals surface area contributed by atoms with Gasteiger partial charge in [-0.15, -0.1) is 0 Å². The van der Waals surface area contributed by atoms with Crippen LogP contribution in [-0.2, 0) is 10.2 Å². The highest BCUT2D eigenvalue weighted by molar-refractivity contribution is 6.01. The fraction of sp³-hybridized carbons (Fsp3) is 0.267. The van der Waals surface area contributed by atoms with Gasteiger partial charge in [0.05, 0.1) is 18.5 Å². The van der Waals surface area contributed by atoms with Gasteiger partial charge in [-0.25, -0.2) is 14.2 Å². The third kappa shape index (κ3) is 4.24. The van der Waals surface area contributed by atoms with Gasteiger partial charge in [-0.1, -0.05) is 42.5 Å². The lowest BCUT2D eigenvalue weighted by Gasteiger charge is -2.39. The van der Waals surface area contributed by atoms with Gasteiger partial charge in [-0.2, -0.15) is 9.61 Å². The summed E-state index contributed by atoms with van der Waals surface area (Å²) in [6, 6.07) is 13.1. The molecule has 2 aromatic heterocycles. The minimum Gasteiger partial charge on any atom is -0.462 e. The van der Waals surface area contributed by atoms with Crippen LogP contribution in [0.15, 0.2) is 60.9 Å². The maximum absolute atomic E-state index is 14.8. The number of halogens is 1. The molecule has 0 atom stereocenters. The molecule has 1 saturated heterocycles. The van der Waals surface area contributed by atoms with Gasteiger partial charge >= 0.3 is 5.97 Å². The van der Waals surface area contributed by atoms with Crippen LogP contribution in [0.3, 0.4) is 0 Å². The van der Waals surface area contributed by atoms with Gasteiger partial charge in [0.1, 0.15) is 22.8 Å². The highest BCUT2D eigenvalue weighted by atomic mass is 19.1. The van der Waals surface area contributed by atoms with E-state index in [0.717, 1.165) is 18.4 Å². The molecule has 1 amide bonds. The third-order valence-corrected chi connectivity index (χ3v) is 7.65. The molecule has 1 aliphatic heterocycles. The molecule has 198 valence electrons. The molecule has 8 nitrogen and oxygen atoms in total. The van der Waals surface area contributed by atoms with Gasteiger partial charge in [0.15, 0.2) is 5.65 Å². The van der Waals surface area contributed by atoms with Crippen LogP contribution in [-0.4, -0.2) is 51.1 Å². The smallest absolute Gasteiger partial charge is 0.343 e. The number of hydrogen-bond donors (Lipinski definition) is 1. The van der Waals surface area contributed by atoms with Crippen molar-refractivity contribution < 1.29 is 18.7 Å². The molecule has 9 heteroatoms. The van der Waals surface area contributed by atoms with E-state index < -0.39 is 11.8 Å². The predicted molar refractivity (Wildman–Crippen MR) is 146 cm³/mol. The predicted octanol–water partition coefficient (Wildman–Crippen LogP) is 5.30. The minimum atomic E-state index is -0.571. The van der Waals surface area contributed by atoms with Crippen LogP contribution >= 0.6 is 0 Å². The molecule has 6 rings (SSSR count). The number of carbonyl (C=O) groups excluding carboxylic acids is 2. The molecule has 0 bridgehead atoms. The second kappa shape index (κ2) is 9.65. The Hall–Kier alpha value is -4.53. The number of hydrogen-bond acceptors (Lipinski definition) is 6. The molecule has 0 unspecified atom stereocenters. The van der Waals surface area contributed by atoms with Crippen molar-refractivity contribution in [2.24, 2.45) is 0 Å². The summed E-state index contributed by atoms with van der Waals surface area (Å²) < 4.78 is 21.3. The van der Waals surface area contributed by atoms with E-state index in [1.807, 2.05) is 13.0 Å². The first-order chi connectivity index (χ1) is 18.9. The number of ether oxygens (including phenoxy) is 1. The number of aromatic nitrogens is 3. The normalized spacial score (nSPS) is 15.5. The largest absolute Gasteiger partial charge is 0.462 e. The Morgan fingerprint density at radius 1 is 1.10 bits per heavy atom. The first kappa shape index (κ1) is 24.8. The lowest BCUT2D eigenvalue weighted by Crippen LogP contribution is -2.44. The number of nitrogens with one attached hydrogen (secondary N) is 1. The lowest BCUT2D eigenvalue weighted by atomic mass is 9.74. The third-order valence-electron chi connectivity index (χ3n) is 7.65. The number of piperidine rings is 1. The van der Waals surface area contributed by atoms with Crippen molar-refractivity contribution in [2.75, 3.05) is 25.0 Å². The number of allylic oxidation sites excluding steroid dienone is 1. The molecule has 1 spiro atoms. The fourth-order valence-electron chi connectivity index (χ4n) is 5.57. The number of esters is 1. The van der Waals surface area contributed by atoms with Crippen molar-refractivity contribution in [3.05, 3.63) is 94.6 Å². The second-order valence-electron chi connectivity index (χ2n) is 10.0. The van der Waals surface area contributed by atoms with Crippen LogP contribution in [0.2, 0.25) is 0 Å². The Bertz CT molecular complexity index is 1640. The van der Waals surface area contributed by atoms with Crippen LogP contribution in [0, 0.1) is 12.7 Å². The van der Waals surface area contributed by atoms with Gasteiger partial charge < -0.3 is 15.0 Å². The van der Waals surface area contributed by atoms with E-state index in [-0.39, 0.29) is 46.2 Å². The van der Waals surface area contributed by atoms with E-state index in [4.69, 9.17) is 4.74 Å². The molecule has 1 N–H and O–H groups in total. The number of nitrogens with zero attached hydrogens (tertiary/aromatic N) is 4. The van der Waals surface area contributed by atoms with E-state index in [0.29, 0.717) is 13.1 Å². The number of rotatable bonds is 5.